The molecular formula is C3H4N3S. The lowest BCUT2D eigenvalue weighted by atomic mass is 11.2. The Morgan fingerprint density at radius 1 is 1.71 bits per heavy atom. The van der Waals surface area contributed by atoms with Crippen molar-refractivity contribution in [3.05, 3.63) is 12.7 Å². The molecule has 1 aromatic heterocycles. The van der Waals surface area contributed by atoms with E-state index in [9.17, 15) is 0 Å². The van der Waals surface area contributed by atoms with Gasteiger partial charge in [-0.2, -0.15) is 5.10 Å². The van der Waals surface area contributed by atoms with Crippen LogP contribution in [0.1, 0.15) is 0 Å². The fourth-order valence-electron chi connectivity index (χ4n) is 0.299. The molecule has 0 aromatic carbocycles. The second-order valence-corrected chi connectivity index (χ2v) is 1.32. The van der Waals surface area contributed by atoms with Crippen LogP contribution in [0.15, 0.2) is 12.7 Å². The highest BCUT2D eigenvalue weighted by Gasteiger charge is 1.79. The lowest BCUT2D eigenvalue weighted by molar-refractivity contribution is 0.752. The normalized spacial score (nSPS) is 9.29. The highest BCUT2D eigenvalue weighted by Crippen LogP contribution is 1.80. The van der Waals surface area contributed by atoms with Gasteiger partial charge in [0.15, 0.2) is 0 Å². The van der Waals surface area contributed by atoms with Gasteiger partial charge in [-0.15, -0.1) is 0 Å². The fraction of sp³-hybridized carbons (Fsp3) is 0.333. The number of hydrogen-bond donors (Lipinski definition) is 0. The predicted octanol–water partition coefficient (Wildman–Crippen LogP) is 0.433. The van der Waals surface area contributed by atoms with Gasteiger partial charge in [0.25, 0.3) is 0 Å². The summed E-state index contributed by atoms with van der Waals surface area (Å²) in [6.45, 7) is 0. The lowest BCUT2D eigenvalue weighted by Gasteiger charge is -1.83. The molecule has 1 heterocycles. The highest BCUT2D eigenvalue weighted by molar-refractivity contribution is 7.79. The summed E-state index contributed by atoms with van der Waals surface area (Å²) in [5.41, 5.74) is 0. The lowest BCUT2D eigenvalue weighted by Crippen LogP contribution is -1.89. The first kappa shape index (κ1) is 4.64. The van der Waals surface area contributed by atoms with E-state index < -0.39 is 0 Å². The second-order valence-electron chi connectivity index (χ2n) is 1.06. The third kappa shape index (κ3) is 0.928. The Hall–Kier alpha value is -0.510. The molecule has 0 saturated carbocycles. The summed E-state index contributed by atoms with van der Waals surface area (Å²) >= 11 is 4.63. The van der Waals surface area contributed by atoms with E-state index in [0.29, 0.717) is 5.88 Å². The largest absolute Gasteiger partial charge is 0.242 e. The van der Waals surface area contributed by atoms with Crippen molar-refractivity contribution in [2.75, 3.05) is 0 Å². The van der Waals surface area contributed by atoms with E-state index in [1.807, 2.05) is 0 Å². The first-order valence-corrected chi connectivity index (χ1v) is 2.42. The van der Waals surface area contributed by atoms with Gasteiger partial charge < -0.3 is 0 Å². The van der Waals surface area contributed by atoms with Crippen molar-refractivity contribution in [3.8, 4) is 0 Å². The van der Waals surface area contributed by atoms with Gasteiger partial charge in [-0.25, -0.2) is 9.67 Å². The van der Waals surface area contributed by atoms with Crippen LogP contribution in [-0.4, -0.2) is 14.8 Å². The van der Waals surface area contributed by atoms with Crippen LogP contribution >= 0.6 is 12.6 Å². The molecule has 1 rings (SSSR count). The Labute approximate surface area is 46.8 Å². The Morgan fingerprint density at radius 3 is 2.86 bits per heavy atom. The molecule has 0 N–H and O–H groups in total. The average Bonchev–Trinajstić information content (AvgIpc) is 2.14. The van der Waals surface area contributed by atoms with Crippen LogP contribution in [0.4, 0.5) is 0 Å². The van der Waals surface area contributed by atoms with E-state index in [1.165, 1.54) is 6.33 Å². The summed E-state index contributed by atoms with van der Waals surface area (Å²) in [4.78, 5) is 3.68. The summed E-state index contributed by atoms with van der Waals surface area (Å²) < 4.78 is 1.58. The van der Waals surface area contributed by atoms with Crippen LogP contribution in [0.25, 0.3) is 0 Å². The molecular weight excluding hydrogens is 110 g/mol. The van der Waals surface area contributed by atoms with Crippen molar-refractivity contribution in [2.24, 2.45) is 0 Å². The van der Waals surface area contributed by atoms with E-state index in [-0.39, 0.29) is 0 Å². The van der Waals surface area contributed by atoms with Crippen LogP contribution in [-0.2, 0) is 5.88 Å². The standard InChI is InChI=1S/C3H4N3S/c7-3-6-2-4-1-5-6/h1-2H,3H2. The molecule has 7 heavy (non-hydrogen) atoms. The Balaban J connectivity index is 2.76. The summed E-state index contributed by atoms with van der Waals surface area (Å²) in [6, 6.07) is 0. The van der Waals surface area contributed by atoms with Gasteiger partial charge in [-0.1, -0.05) is 12.6 Å². The van der Waals surface area contributed by atoms with Crippen LogP contribution < -0.4 is 0 Å². The predicted molar refractivity (Wildman–Crippen MR) is 27.6 cm³/mol. The van der Waals surface area contributed by atoms with Crippen molar-refractivity contribution >= 4 is 12.6 Å². The molecule has 0 fully saturated rings. The minimum absolute atomic E-state index is 0.486. The van der Waals surface area contributed by atoms with E-state index in [4.69, 9.17) is 0 Å². The van der Waals surface area contributed by atoms with Crippen LogP contribution in [0, 0.1) is 0 Å². The third-order valence-corrected chi connectivity index (χ3v) is 0.863. The Bertz CT molecular complexity index is 125. The molecule has 0 atom stereocenters. The highest BCUT2D eigenvalue weighted by atomic mass is 32.1. The maximum atomic E-state index is 4.63. The quantitative estimate of drug-likeness (QED) is 0.530. The minimum atomic E-state index is 0.486. The topological polar surface area (TPSA) is 30.7 Å². The zero-order valence-electron chi connectivity index (χ0n) is 3.61. The second kappa shape index (κ2) is 1.97. The zero-order valence-corrected chi connectivity index (χ0v) is 4.43. The van der Waals surface area contributed by atoms with E-state index >= 15 is 0 Å². The van der Waals surface area contributed by atoms with Crippen molar-refractivity contribution in [2.45, 2.75) is 5.88 Å². The van der Waals surface area contributed by atoms with Crippen LogP contribution in [0.5, 0.6) is 0 Å². The molecule has 0 aliphatic carbocycles. The van der Waals surface area contributed by atoms with Gasteiger partial charge in [0, 0.05) is 0 Å². The monoisotopic (exact) mass is 114 g/mol. The molecule has 0 unspecified atom stereocenters. The Kier molecular flexibility index (Phi) is 1.31. The summed E-state index contributed by atoms with van der Waals surface area (Å²) in [5, 5.41) is 3.74. The van der Waals surface area contributed by atoms with Gasteiger partial charge in [-0.05, 0) is 0 Å². The molecule has 3 nitrogen and oxygen atoms in total. The summed E-state index contributed by atoms with van der Waals surface area (Å²) in [6.07, 6.45) is 3.05. The number of hydrogen-bond acceptors (Lipinski definition) is 2. The van der Waals surface area contributed by atoms with Crippen molar-refractivity contribution in [3.63, 3.8) is 0 Å². The van der Waals surface area contributed by atoms with Gasteiger partial charge in [0.05, 0.1) is 5.88 Å². The fourth-order valence-corrected chi connectivity index (χ4v) is 0.433. The Morgan fingerprint density at radius 2 is 2.57 bits per heavy atom. The molecule has 0 saturated heterocycles. The zero-order chi connectivity index (χ0) is 5.11. The summed E-state index contributed by atoms with van der Waals surface area (Å²) in [7, 11) is 0. The molecule has 0 amide bonds. The van der Waals surface area contributed by atoms with E-state index in [1.54, 1.807) is 11.0 Å². The molecule has 0 aliphatic rings. The maximum Gasteiger partial charge on any atom is 0.137 e. The minimum Gasteiger partial charge on any atom is -0.242 e. The van der Waals surface area contributed by atoms with Crippen LogP contribution in [0.2, 0.25) is 0 Å². The number of rotatable bonds is 1. The first-order chi connectivity index (χ1) is 3.43. The average molecular weight is 114 g/mol. The van der Waals surface area contributed by atoms with Crippen molar-refractivity contribution < 1.29 is 0 Å². The van der Waals surface area contributed by atoms with E-state index in [2.05, 4.69) is 22.7 Å². The van der Waals surface area contributed by atoms with Crippen molar-refractivity contribution in [1.82, 2.24) is 14.8 Å². The smallest absolute Gasteiger partial charge is 0.137 e. The first-order valence-electron chi connectivity index (χ1n) is 1.84. The SMILES string of the molecule is [S]Cn1cncn1. The van der Waals surface area contributed by atoms with Gasteiger partial charge in [-0.3, -0.25) is 0 Å². The number of nitrogens with zero attached hydrogens (tertiary/aromatic N) is 3. The van der Waals surface area contributed by atoms with E-state index in [0.717, 1.165) is 0 Å². The molecule has 37 valence electrons. The van der Waals surface area contributed by atoms with Gasteiger partial charge >= 0.3 is 0 Å². The number of aromatic nitrogens is 3. The maximum absolute atomic E-state index is 4.63. The van der Waals surface area contributed by atoms with Gasteiger partial charge in [0.2, 0.25) is 0 Å². The molecule has 0 spiro atoms. The molecule has 0 aliphatic heterocycles. The van der Waals surface area contributed by atoms with Crippen LogP contribution in [0.3, 0.4) is 0 Å². The molecule has 0 bridgehead atoms. The molecule has 1 radical (unpaired) electrons. The molecule has 4 heteroatoms. The third-order valence-electron chi connectivity index (χ3n) is 0.599. The van der Waals surface area contributed by atoms with Gasteiger partial charge in [0.1, 0.15) is 12.7 Å². The van der Waals surface area contributed by atoms with Crippen molar-refractivity contribution in [1.29, 1.82) is 0 Å². The molecule has 1 aromatic rings. The summed E-state index contributed by atoms with van der Waals surface area (Å²) in [5.74, 6) is 0.486.